The lowest BCUT2D eigenvalue weighted by molar-refractivity contribution is -0.133. The number of aliphatic imine (C=N–C) groups is 1. The van der Waals surface area contributed by atoms with Gasteiger partial charge in [0.2, 0.25) is 15.9 Å². The number of carboxylic acids is 1. The second-order valence-corrected chi connectivity index (χ2v) is 12.9. The van der Waals surface area contributed by atoms with E-state index in [2.05, 4.69) is 15.3 Å². The van der Waals surface area contributed by atoms with Crippen LogP contribution in [0, 0.1) is 12.7 Å². The van der Waals surface area contributed by atoms with E-state index in [1.807, 2.05) is 0 Å². The molecule has 220 valence electrons. The zero-order valence-corrected chi connectivity index (χ0v) is 23.6. The summed E-state index contributed by atoms with van der Waals surface area (Å²) in [5, 5.41) is 15.4. The van der Waals surface area contributed by atoms with E-state index in [9.17, 15) is 27.5 Å². The molecule has 4 heterocycles. The number of rotatable bonds is 8. The van der Waals surface area contributed by atoms with Crippen molar-refractivity contribution < 1.29 is 36.3 Å². The molecule has 5 rings (SSSR count). The zero-order chi connectivity index (χ0) is 29.7. The highest BCUT2D eigenvalue weighted by molar-refractivity contribution is 7.89. The van der Waals surface area contributed by atoms with Crippen molar-refractivity contribution in [2.45, 2.75) is 37.4 Å². The summed E-state index contributed by atoms with van der Waals surface area (Å²) in [7, 11) is -3.85. The van der Waals surface area contributed by atoms with Gasteiger partial charge in [-0.25, -0.2) is 31.4 Å². The van der Waals surface area contributed by atoms with E-state index in [-0.39, 0.29) is 42.2 Å². The monoisotopic (exact) mass is 612 g/mol. The Morgan fingerprint density at radius 1 is 1.29 bits per heavy atom. The van der Waals surface area contributed by atoms with Gasteiger partial charge >= 0.3 is 5.97 Å². The van der Waals surface area contributed by atoms with Gasteiger partial charge in [-0.1, -0.05) is 12.1 Å². The number of halogens is 3. The minimum Gasteiger partial charge on any atom is -0.478 e. The van der Waals surface area contributed by atoms with Crippen LogP contribution in [-0.2, 0) is 19.6 Å². The first-order chi connectivity index (χ1) is 19.2. The highest BCUT2D eigenvalue weighted by atomic mass is 32.2. The van der Waals surface area contributed by atoms with Crippen molar-refractivity contribution >= 4 is 39.1 Å². The Morgan fingerprint density at radius 2 is 2.05 bits per heavy atom. The number of alkyl halides is 2. The van der Waals surface area contributed by atoms with Crippen LogP contribution in [0.5, 0.6) is 0 Å². The predicted molar refractivity (Wildman–Crippen MR) is 144 cm³/mol. The molecule has 3 aliphatic heterocycles. The lowest BCUT2D eigenvalue weighted by Crippen LogP contribution is -2.49. The third kappa shape index (κ3) is 5.86. The van der Waals surface area contributed by atoms with E-state index >= 15 is 8.78 Å². The summed E-state index contributed by atoms with van der Waals surface area (Å²) in [4.78, 5) is 36.3. The van der Waals surface area contributed by atoms with Crippen LogP contribution in [0.2, 0.25) is 0 Å². The Morgan fingerprint density at radius 3 is 2.71 bits per heavy atom. The first-order valence-corrected chi connectivity index (χ1v) is 15.3. The molecule has 0 bridgehead atoms. The number of carboxylic acid groups (broad SMARTS) is 1. The zero-order valence-electron chi connectivity index (χ0n) is 22.0. The normalized spacial score (nSPS) is 24.6. The number of benzene rings is 1. The van der Waals surface area contributed by atoms with Gasteiger partial charge in [0.05, 0.1) is 31.0 Å². The molecule has 3 aliphatic rings. The number of carbonyl (C=O) groups excluding carboxylic acids is 1. The van der Waals surface area contributed by atoms with Gasteiger partial charge in [-0.15, -0.1) is 11.3 Å². The number of nitrogens with zero attached hydrogens (tertiary/aromatic N) is 4. The molecule has 41 heavy (non-hydrogen) atoms. The van der Waals surface area contributed by atoms with Gasteiger partial charge in [0, 0.05) is 36.4 Å². The maximum Gasteiger partial charge on any atom is 0.335 e. The lowest BCUT2D eigenvalue weighted by atomic mass is 9.92. The van der Waals surface area contributed by atoms with Crippen LogP contribution >= 0.6 is 11.3 Å². The number of amides is 1. The van der Waals surface area contributed by atoms with Crippen molar-refractivity contribution in [3.63, 3.8) is 0 Å². The SMILES string of the molecule is Cc1c(F)cccc1[C@@H]1N=C(c2nccs2)NC(CN2CC(F)(F)C3C2CCN3CC(=O)NS(C)(=O)=O)=C1C(=O)O. The summed E-state index contributed by atoms with van der Waals surface area (Å²) in [6.45, 7) is 0.187. The molecule has 0 spiro atoms. The molecule has 0 aliphatic carbocycles. The Bertz CT molecular complexity index is 1550. The molecule has 16 heteroatoms. The third-order valence-corrected chi connectivity index (χ3v) is 8.77. The molecular weight excluding hydrogens is 585 g/mol. The first kappa shape index (κ1) is 29.2. The summed E-state index contributed by atoms with van der Waals surface area (Å²) in [5.41, 5.74) is 0.458. The highest BCUT2D eigenvalue weighted by Crippen LogP contribution is 2.42. The quantitative estimate of drug-likeness (QED) is 0.404. The molecule has 3 atom stereocenters. The van der Waals surface area contributed by atoms with E-state index < -0.39 is 64.9 Å². The molecule has 0 radical (unpaired) electrons. The topological polar surface area (TPSA) is 144 Å². The number of likely N-dealkylation sites (tertiary alicyclic amines) is 2. The average Bonchev–Trinajstić information content (AvgIpc) is 3.59. The van der Waals surface area contributed by atoms with Crippen LogP contribution in [-0.4, -0.2) is 96.5 Å². The van der Waals surface area contributed by atoms with Crippen LogP contribution in [0.1, 0.15) is 28.6 Å². The van der Waals surface area contributed by atoms with Crippen LogP contribution in [0.25, 0.3) is 0 Å². The number of fused-ring (bicyclic) bond motifs is 1. The Labute approximate surface area is 237 Å². The van der Waals surface area contributed by atoms with Crippen molar-refractivity contribution in [3.05, 3.63) is 63.0 Å². The van der Waals surface area contributed by atoms with Gasteiger partial charge in [-0.05, 0) is 30.5 Å². The van der Waals surface area contributed by atoms with Crippen LogP contribution in [0.15, 0.2) is 46.0 Å². The number of hydrogen-bond acceptors (Lipinski definition) is 10. The largest absolute Gasteiger partial charge is 0.478 e. The van der Waals surface area contributed by atoms with Crippen molar-refractivity contribution in [2.24, 2.45) is 4.99 Å². The fourth-order valence-corrected chi connectivity index (χ4v) is 6.86. The van der Waals surface area contributed by atoms with Crippen molar-refractivity contribution in [1.29, 1.82) is 0 Å². The van der Waals surface area contributed by atoms with Gasteiger partial charge in [0.25, 0.3) is 5.92 Å². The first-order valence-electron chi connectivity index (χ1n) is 12.6. The Kier molecular flexibility index (Phi) is 7.69. The number of thiazole rings is 1. The van der Waals surface area contributed by atoms with Gasteiger partial charge in [0.1, 0.15) is 11.9 Å². The lowest BCUT2D eigenvalue weighted by Gasteiger charge is -2.30. The molecule has 2 aromatic rings. The molecule has 2 saturated heterocycles. The summed E-state index contributed by atoms with van der Waals surface area (Å²) in [6.07, 6.45) is 2.60. The highest BCUT2D eigenvalue weighted by Gasteiger charge is 2.59. The molecule has 1 aromatic carbocycles. The Balaban J connectivity index is 1.48. The van der Waals surface area contributed by atoms with Crippen LogP contribution in [0.3, 0.4) is 0 Å². The predicted octanol–water partition coefficient (Wildman–Crippen LogP) is 1.49. The van der Waals surface area contributed by atoms with E-state index in [0.717, 1.165) is 6.26 Å². The van der Waals surface area contributed by atoms with E-state index in [0.29, 0.717) is 10.6 Å². The second kappa shape index (κ2) is 10.8. The third-order valence-electron chi connectivity index (χ3n) is 7.39. The number of aliphatic carboxylic acids is 1. The standard InChI is InChI=1S/C25H27F3N6O5S2/c1-13-14(4-3-5-15(13)26)20-19(24(36)37)16(30-22(31-20)23-29-7-9-40-23)10-34-12-25(27,28)21-17(34)6-8-33(21)11-18(35)32-41(2,38)39/h3-5,7,9,17,20-21H,6,8,10-12H2,1-2H3,(H,30,31)(H,32,35)(H,36,37)/t17?,20-,21?/m0/s1. The molecular formula is C25H27F3N6O5S2. The molecule has 0 saturated carbocycles. The number of sulfonamides is 1. The number of carbonyl (C=O) groups is 2. The summed E-state index contributed by atoms with van der Waals surface area (Å²) in [5.74, 6) is -5.82. The average molecular weight is 613 g/mol. The number of amidine groups is 1. The summed E-state index contributed by atoms with van der Waals surface area (Å²) in [6, 6.07) is 1.04. The fourth-order valence-electron chi connectivity index (χ4n) is 5.79. The number of nitrogens with one attached hydrogen (secondary N) is 2. The second-order valence-electron chi connectivity index (χ2n) is 10.2. The smallest absolute Gasteiger partial charge is 0.335 e. The van der Waals surface area contributed by atoms with Crippen LogP contribution in [0.4, 0.5) is 13.2 Å². The molecule has 11 nitrogen and oxygen atoms in total. The molecule has 3 N–H and O–H groups in total. The molecule has 1 amide bonds. The van der Waals surface area contributed by atoms with Crippen LogP contribution < -0.4 is 10.0 Å². The van der Waals surface area contributed by atoms with E-state index in [1.165, 1.54) is 40.2 Å². The van der Waals surface area contributed by atoms with Crippen molar-refractivity contribution in [2.75, 3.05) is 32.4 Å². The summed E-state index contributed by atoms with van der Waals surface area (Å²) < 4.78 is 69.9. The Hall–Kier alpha value is -3.34. The molecule has 2 unspecified atom stereocenters. The van der Waals surface area contributed by atoms with Crippen molar-refractivity contribution in [1.82, 2.24) is 24.8 Å². The van der Waals surface area contributed by atoms with Gasteiger partial charge < -0.3 is 10.4 Å². The van der Waals surface area contributed by atoms with Gasteiger partial charge in [0.15, 0.2) is 10.8 Å². The summed E-state index contributed by atoms with van der Waals surface area (Å²) >= 11 is 1.24. The number of aromatic nitrogens is 1. The maximum atomic E-state index is 15.4. The van der Waals surface area contributed by atoms with E-state index in [4.69, 9.17) is 0 Å². The van der Waals surface area contributed by atoms with Gasteiger partial charge in [-0.3, -0.25) is 24.3 Å². The maximum absolute atomic E-state index is 15.4. The molecule has 1 aromatic heterocycles. The fraction of sp³-hybridized carbons (Fsp3) is 0.440. The van der Waals surface area contributed by atoms with Gasteiger partial charge in [-0.2, -0.15) is 0 Å². The minimum absolute atomic E-state index is 0.119. The number of hydrogen-bond donors (Lipinski definition) is 3. The van der Waals surface area contributed by atoms with E-state index in [1.54, 1.807) is 22.4 Å². The minimum atomic E-state index is -3.85. The molecule has 2 fully saturated rings. The van der Waals surface area contributed by atoms with Crippen molar-refractivity contribution in [3.8, 4) is 0 Å².